The van der Waals surface area contributed by atoms with Crippen molar-refractivity contribution in [1.82, 2.24) is 0 Å². The molecule has 0 aromatic carbocycles. The summed E-state index contributed by atoms with van der Waals surface area (Å²) in [5.74, 6) is -0.405. The molecular formula is C7H15O7P. The lowest BCUT2D eigenvalue weighted by Crippen LogP contribution is -2.02. The standard InChI is InChI=1S/C7H12O3.H3O4P/c1-2-7(9)10-6-4-3-5-8;1-5(2,3)4/h2,8H,1,3-6H2;(H3,1,2,3,4). The quantitative estimate of drug-likeness (QED) is 0.223. The lowest BCUT2D eigenvalue weighted by molar-refractivity contribution is -0.137. The third-order valence-corrected chi connectivity index (χ3v) is 0.963. The first-order valence-electron chi connectivity index (χ1n) is 3.99. The van der Waals surface area contributed by atoms with Gasteiger partial charge in [0.15, 0.2) is 0 Å². The fraction of sp³-hybridized carbons (Fsp3) is 0.571. The zero-order valence-electron chi connectivity index (χ0n) is 8.07. The number of aliphatic hydroxyl groups is 1. The minimum Gasteiger partial charge on any atom is -0.463 e. The molecule has 0 aliphatic heterocycles. The lowest BCUT2D eigenvalue weighted by Gasteiger charge is -1.98. The minimum atomic E-state index is -4.64. The van der Waals surface area contributed by atoms with Gasteiger partial charge in [-0.2, -0.15) is 0 Å². The second kappa shape index (κ2) is 9.82. The summed E-state index contributed by atoms with van der Waals surface area (Å²) in [5.41, 5.74) is 0. The van der Waals surface area contributed by atoms with Gasteiger partial charge in [0.25, 0.3) is 0 Å². The van der Waals surface area contributed by atoms with E-state index in [0.717, 1.165) is 6.08 Å². The van der Waals surface area contributed by atoms with Crippen LogP contribution in [0, 0.1) is 0 Å². The van der Waals surface area contributed by atoms with E-state index in [0.29, 0.717) is 19.4 Å². The average molecular weight is 242 g/mol. The summed E-state index contributed by atoms with van der Waals surface area (Å²) in [4.78, 5) is 31.9. The summed E-state index contributed by atoms with van der Waals surface area (Å²) in [5, 5.41) is 8.33. The second-order valence-electron chi connectivity index (χ2n) is 2.32. The van der Waals surface area contributed by atoms with Gasteiger partial charge in [-0.15, -0.1) is 0 Å². The number of carbonyl (C=O) groups excluding carboxylic acids is 1. The molecule has 0 amide bonds. The maximum absolute atomic E-state index is 10.4. The van der Waals surface area contributed by atoms with Crippen molar-refractivity contribution in [3.05, 3.63) is 12.7 Å². The molecule has 0 aromatic heterocycles. The van der Waals surface area contributed by atoms with Gasteiger partial charge in [-0.05, 0) is 12.8 Å². The van der Waals surface area contributed by atoms with Gasteiger partial charge in [0.2, 0.25) is 0 Å². The molecule has 4 N–H and O–H groups in total. The van der Waals surface area contributed by atoms with E-state index in [9.17, 15) is 4.79 Å². The summed E-state index contributed by atoms with van der Waals surface area (Å²) >= 11 is 0. The molecule has 0 aliphatic carbocycles. The summed E-state index contributed by atoms with van der Waals surface area (Å²) in [6, 6.07) is 0. The number of esters is 1. The Hall–Kier alpha value is -0.720. The maximum Gasteiger partial charge on any atom is 0.466 e. The smallest absolute Gasteiger partial charge is 0.463 e. The Morgan fingerprint density at radius 3 is 2.13 bits per heavy atom. The molecule has 0 radical (unpaired) electrons. The minimum absolute atomic E-state index is 0.144. The number of carbonyl (C=O) groups is 1. The van der Waals surface area contributed by atoms with Crippen LogP contribution in [0.3, 0.4) is 0 Å². The van der Waals surface area contributed by atoms with Crippen molar-refractivity contribution in [2.75, 3.05) is 13.2 Å². The molecule has 0 aromatic rings. The predicted molar refractivity (Wildman–Crippen MR) is 51.7 cm³/mol. The van der Waals surface area contributed by atoms with Crippen LogP contribution < -0.4 is 0 Å². The zero-order chi connectivity index (χ0) is 12.3. The molecule has 0 bridgehead atoms. The lowest BCUT2D eigenvalue weighted by atomic mass is 10.3. The number of rotatable bonds is 5. The van der Waals surface area contributed by atoms with Gasteiger partial charge in [-0.3, -0.25) is 0 Å². The maximum atomic E-state index is 10.4. The fourth-order valence-corrected chi connectivity index (χ4v) is 0.446. The van der Waals surface area contributed by atoms with Crippen LogP contribution in [0.4, 0.5) is 0 Å². The van der Waals surface area contributed by atoms with Crippen LogP contribution >= 0.6 is 7.82 Å². The van der Waals surface area contributed by atoms with Gasteiger partial charge >= 0.3 is 13.8 Å². The third kappa shape index (κ3) is 31.9. The van der Waals surface area contributed by atoms with Gasteiger partial charge in [0, 0.05) is 12.7 Å². The third-order valence-electron chi connectivity index (χ3n) is 0.963. The highest BCUT2D eigenvalue weighted by atomic mass is 31.2. The van der Waals surface area contributed by atoms with E-state index < -0.39 is 13.8 Å². The van der Waals surface area contributed by atoms with E-state index in [1.54, 1.807) is 0 Å². The zero-order valence-corrected chi connectivity index (χ0v) is 8.97. The number of phosphoric acid groups is 1. The van der Waals surface area contributed by atoms with E-state index >= 15 is 0 Å². The molecule has 0 fully saturated rings. The van der Waals surface area contributed by atoms with Gasteiger partial charge < -0.3 is 24.5 Å². The van der Waals surface area contributed by atoms with Crippen molar-refractivity contribution < 1.29 is 33.9 Å². The largest absolute Gasteiger partial charge is 0.466 e. The molecule has 8 heteroatoms. The summed E-state index contributed by atoms with van der Waals surface area (Å²) < 4.78 is 13.5. The Morgan fingerprint density at radius 2 is 1.80 bits per heavy atom. The molecule has 0 saturated carbocycles. The number of aliphatic hydroxyl groups excluding tert-OH is 1. The number of unbranched alkanes of at least 4 members (excludes halogenated alkanes) is 1. The molecule has 7 nitrogen and oxygen atoms in total. The van der Waals surface area contributed by atoms with Crippen molar-refractivity contribution >= 4 is 13.8 Å². The summed E-state index contributed by atoms with van der Waals surface area (Å²) in [7, 11) is -4.64. The molecule has 15 heavy (non-hydrogen) atoms. The van der Waals surface area contributed by atoms with Crippen LogP contribution in [-0.4, -0.2) is 39.0 Å². The Balaban J connectivity index is 0. The first kappa shape index (κ1) is 16.7. The fourth-order valence-electron chi connectivity index (χ4n) is 0.446. The molecule has 0 aliphatic rings. The Kier molecular flexibility index (Phi) is 10.9. The van der Waals surface area contributed by atoms with E-state index in [1.807, 2.05) is 0 Å². The Morgan fingerprint density at radius 1 is 1.33 bits per heavy atom. The molecule has 0 heterocycles. The van der Waals surface area contributed by atoms with Crippen LogP contribution in [0.1, 0.15) is 12.8 Å². The number of hydrogen-bond acceptors (Lipinski definition) is 4. The van der Waals surface area contributed by atoms with Crippen molar-refractivity contribution in [2.24, 2.45) is 0 Å². The number of hydrogen-bond donors (Lipinski definition) is 4. The van der Waals surface area contributed by atoms with Gasteiger partial charge in [-0.1, -0.05) is 6.58 Å². The monoisotopic (exact) mass is 242 g/mol. The summed E-state index contributed by atoms with van der Waals surface area (Å²) in [6.45, 7) is 3.75. The summed E-state index contributed by atoms with van der Waals surface area (Å²) in [6.07, 6.45) is 2.50. The molecule has 0 rings (SSSR count). The van der Waals surface area contributed by atoms with E-state index in [1.165, 1.54) is 0 Å². The molecule has 0 unspecified atom stereocenters. The van der Waals surface area contributed by atoms with E-state index in [2.05, 4.69) is 11.3 Å². The van der Waals surface area contributed by atoms with Crippen LogP contribution in [0.15, 0.2) is 12.7 Å². The van der Waals surface area contributed by atoms with Gasteiger partial charge in [0.05, 0.1) is 6.61 Å². The highest BCUT2D eigenvalue weighted by molar-refractivity contribution is 7.45. The molecular weight excluding hydrogens is 227 g/mol. The SMILES string of the molecule is C=CC(=O)OCCCCO.O=P(O)(O)O. The van der Waals surface area contributed by atoms with Crippen LogP contribution in [0.25, 0.3) is 0 Å². The normalized spacial score (nSPS) is 9.87. The average Bonchev–Trinajstić information content (AvgIpc) is 2.09. The topological polar surface area (TPSA) is 124 Å². The Labute approximate surface area is 87.2 Å². The molecule has 90 valence electrons. The van der Waals surface area contributed by atoms with Crippen LogP contribution in [0.2, 0.25) is 0 Å². The van der Waals surface area contributed by atoms with Crippen LogP contribution in [0.5, 0.6) is 0 Å². The first-order valence-corrected chi connectivity index (χ1v) is 5.56. The predicted octanol–water partition coefficient (Wildman–Crippen LogP) is -0.441. The second-order valence-corrected chi connectivity index (χ2v) is 3.34. The van der Waals surface area contributed by atoms with Crippen molar-refractivity contribution in [1.29, 1.82) is 0 Å². The van der Waals surface area contributed by atoms with Crippen molar-refractivity contribution in [2.45, 2.75) is 12.8 Å². The molecule has 0 saturated heterocycles. The van der Waals surface area contributed by atoms with Gasteiger partial charge in [0.1, 0.15) is 0 Å². The molecule has 0 spiro atoms. The first-order chi connectivity index (χ1) is 6.81. The van der Waals surface area contributed by atoms with Crippen molar-refractivity contribution in [3.63, 3.8) is 0 Å². The van der Waals surface area contributed by atoms with E-state index in [-0.39, 0.29) is 6.61 Å². The highest BCUT2D eigenvalue weighted by Gasteiger charge is 2.00. The number of ether oxygens (including phenoxy) is 1. The van der Waals surface area contributed by atoms with Gasteiger partial charge in [-0.25, -0.2) is 9.36 Å². The van der Waals surface area contributed by atoms with Crippen molar-refractivity contribution in [3.8, 4) is 0 Å². The molecule has 0 atom stereocenters. The Bertz CT molecular complexity index is 213. The van der Waals surface area contributed by atoms with E-state index in [4.69, 9.17) is 24.4 Å². The van der Waals surface area contributed by atoms with Crippen LogP contribution in [-0.2, 0) is 14.1 Å². The highest BCUT2D eigenvalue weighted by Crippen LogP contribution is 2.25.